The van der Waals surface area contributed by atoms with Gasteiger partial charge in [-0.05, 0) is 13.8 Å². The minimum absolute atomic E-state index is 0.0263. The summed E-state index contributed by atoms with van der Waals surface area (Å²) in [7, 11) is 1.64. The zero-order valence-corrected chi connectivity index (χ0v) is 13.0. The summed E-state index contributed by atoms with van der Waals surface area (Å²) in [5.74, 6) is 2.59. The summed E-state index contributed by atoms with van der Waals surface area (Å²) in [5.41, 5.74) is 0. The molecule has 112 valence electrons. The summed E-state index contributed by atoms with van der Waals surface area (Å²) in [6.45, 7) is 9.97. The molecule has 1 amide bonds. The van der Waals surface area contributed by atoms with Gasteiger partial charge in [0.1, 0.15) is 17.5 Å². The lowest BCUT2D eigenvalue weighted by Gasteiger charge is -2.22. The molecule has 6 heteroatoms. The molecule has 0 saturated heterocycles. The van der Waals surface area contributed by atoms with E-state index in [1.54, 1.807) is 7.05 Å². The first-order valence-corrected chi connectivity index (χ1v) is 7.10. The highest BCUT2D eigenvalue weighted by Gasteiger charge is 2.14. The Kier molecular flexibility index (Phi) is 6.21. The fourth-order valence-electron chi connectivity index (χ4n) is 1.75. The van der Waals surface area contributed by atoms with E-state index in [1.807, 2.05) is 24.8 Å². The van der Waals surface area contributed by atoms with Crippen LogP contribution < -0.4 is 15.5 Å². The van der Waals surface area contributed by atoms with Crippen molar-refractivity contribution in [2.24, 2.45) is 0 Å². The van der Waals surface area contributed by atoms with Crippen LogP contribution in [0.2, 0.25) is 0 Å². The quantitative estimate of drug-likeness (QED) is 0.793. The van der Waals surface area contributed by atoms with Gasteiger partial charge in [-0.1, -0.05) is 13.8 Å². The van der Waals surface area contributed by atoms with Crippen molar-refractivity contribution in [2.45, 2.75) is 33.6 Å². The van der Waals surface area contributed by atoms with Crippen LogP contribution in [0.5, 0.6) is 0 Å². The molecule has 0 radical (unpaired) electrons. The maximum absolute atomic E-state index is 11.6. The predicted molar refractivity (Wildman–Crippen MR) is 82.2 cm³/mol. The van der Waals surface area contributed by atoms with E-state index in [4.69, 9.17) is 0 Å². The first-order valence-electron chi connectivity index (χ1n) is 7.10. The molecule has 0 atom stereocenters. The van der Waals surface area contributed by atoms with Crippen LogP contribution in [0, 0.1) is 0 Å². The Hall–Kier alpha value is -1.85. The zero-order chi connectivity index (χ0) is 15.1. The standard InChI is InChI=1S/C14H25N5O/c1-6-16-11-8-12(18-14(17-11)10(3)4)19(7-2)9-13(20)15-5/h8,10H,6-7,9H2,1-5H3,(H,15,20)(H,16,17,18). The lowest BCUT2D eigenvalue weighted by molar-refractivity contribution is -0.119. The molecule has 1 heterocycles. The third-order valence-corrected chi connectivity index (χ3v) is 2.92. The molecule has 1 rings (SSSR count). The lowest BCUT2D eigenvalue weighted by Crippen LogP contribution is -2.36. The van der Waals surface area contributed by atoms with Gasteiger partial charge >= 0.3 is 0 Å². The van der Waals surface area contributed by atoms with Gasteiger partial charge < -0.3 is 15.5 Å². The average Bonchev–Trinajstić information content (AvgIpc) is 2.44. The molecule has 1 aromatic rings. The molecular weight excluding hydrogens is 254 g/mol. The predicted octanol–water partition coefficient (Wildman–Crippen LogP) is 1.60. The van der Waals surface area contributed by atoms with Gasteiger partial charge in [-0.3, -0.25) is 4.79 Å². The van der Waals surface area contributed by atoms with Gasteiger partial charge in [0, 0.05) is 32.1 Å². The van der Waals surface area contributed by atoms with Gasteiger partial charge in [0.2, 0.25) is 5.91 Å². The second-order valence-corrected chi connectivity index (χ2v) is 4.84. The highest BCUT2D eigenvalue weighted by Crippen LogP contribution is 2.19. The molecule has 0 bridgehead atoms. The van der Waals surface area contributed by atoms with E-state index in [-0.39, 0.29) is 11.8 Å². The Balaban J connectivity index is 3.09. The van der Waals surface area contributed by atoms with Gasteiger partial charge in [-0.25, -0.2) is 9.97 Å². The number of likely N-dealkylation sites (N-methyl/N-ethyl adjacent to an activating group) is 2. The molecule has 0 spiro atoms. The molecule has 0 saturated carbocycles. The molecule has 1 aromatic heterocycles. The largest absolute Gasteiger partial charge is 0.370 e. The van der Waals surface area contributed by atoms with Gasteiger partial charge in [-0.2, -0.15) is 0 Å². The number of anilines is 2. The summed E-state index contributed by atoms with van der Waals surface area (Å²) in [6.07, 6.45) is 0. The Morgan fingerprint density at radius 2 is 2.05 bits per heavy atom. The fraction of sp³-hybridized carbons (Fsp3) is 0.643. The third-order valence-electron chi connectivity index (χ3n) is 2.92. The minimum atomic E-state index is -0.0263. The van der Waals surface area contributed by atoms with E-state index in [2.05, 4.69) is 34.4 Å². The molecule has 0 aromatic carbocycles. The minimum Gasteiger partial charge on any atom is -0.370 e. The number of amides is 1. The molecule has 0 aliphatic heterocycles. The highest BCUT2D eigenvalue weighted by molar-refractivity contribution is 5.80. The van der Waals surface area contributed by atoms with Crippen molar-refractivity contribution in [1.29, 1.82) is 0 Å². The maximum Gasteiger partial charge on any atom is 0.239 e. The Bertz CT molecular complexity index is 447. The van der Waals surface area contributed by atoms with Crippen LogP contribution in [0.25, 0.3) is 0 Å². The van der Waals surface area contributed by atoms with Gasteiger partial charge in [0.15, 0.2) is 0 Å². The average molecular weight is 279 g/mol. The SMILES string of the molecule is CCNc1cc(N(CC)CC(=O)NC)nc(C(C)C)n1. The number of rotatable bonds is 7. The van der Waals surface area contributed by atoms with E-state index in [9.17, 15) is 4.79 Å². The number of hydrogen-bond acceptors (Lipinski definition) is 5. The van der Waals surface area contributed by atoms with Gasteiger partial charge in [0.05, 0.1) is 6.54 Å². The van der Waals surface area contributed by atoms with E-state index < -0.39 is 0 Å². The number of hydrogen-bond donors (Lipinski definition) is 2. The maximum atomic E-state index is 11.6. The van der Waals surface area contributed by atoms with Crippen LogP contribution in [-0.2, 0) is 4.79 Å². The molecule has 0 aliphatic rings. The second-order valence-electron chi connectivity index (χ2n) is 4.84. The van der Waals surface area contributed by atoms with Crippen molar-refractivity contribution in [3.8, 4) is 0 Å². The third kappa shape index (κ3) is 4.36. The molecule has 20 heavy (non-hydrogen) atoms. The normalized spacial score (nSPS) is 10.5. The number of aromatic nitrogens is 2. The van der Waals surface area contributed by atoms with E-state index in [1.165, 1.54) is 0 Å². The molecule has 2 N–H and O–H groups in total. The number of nitrogens with one attached hydrogen (secondary N) is 2. The Morgan fingerprint density at radius 3 is 2.55 bits per heavy atom. The summed E-state index contributed by atoms with van der Waals surface area (Å²) in [4.78, 5) is 22.6. The molecule has 6 nitrogen and oxygen atoms in total. The first kappa shape index (κ1) is 16.2. The Morgan fingerprint density at radius 1 is 1.35 bits per heavy atom. The van der Waals surface area contributed by atoms with Crippen molar-refractivity contribution < 1.29 is 4.79 Å². The first-order chi connectivity index (χ1) is 9.51. The van der Waals surface area contributed by atoms with E-state index >= 15 is 0 Å². The lowest BCUT2D eigenvalue weighted by atomic mass is 10.2. The van der Waals surface area contributed by atoms with Gasteiger partial charge in [-0.15, -0.1) is 0 Å². The van der Waals surface area contributed by atoms with Crippen LogP contribution in [-0.4, -0.2) is 42.6 Å². The topological polar surface area (TPSA) is 70.2 Å². The molecule has 0 fully saturated rings. The van der Waals surface area contributed by atoms with Crippen molar-refractivity contribution in [2.75, 3.05) is 36.9 Å². The molecule has 0 unspecified atom stereocenters. The number of nitrogens with zero attached hydrogens (tertiary/aromatic N) is 3. The van der Waals surface area contributed by atoms with Crippen molar-refractivity contribution in [3.63, 3.8) is 0 Å². The number of carbonyl (C=O) groups is 1. The molecular formula is C14H25N5O. The zero-order valence-electron chi connectivity index (χ0n) is 13.0. The van der Waals surface area contributed by atoms with Crippen LogP contribution >= 0.6 is 0 Å². The number of carbonyl (C=O) groups excluding carboxylic acids is 1. The summed E-state index contributed by atoms with van der Waals surface area (Å²) >= 11 is 0. The van der Waals surface area contributed by atoms with Crippen LogP contribution in [0.3, 0.4) is 0 Å². The summed E-state index contributed by atoms with van der Waals surface area (Å²) < 4.78 is 0. The van der Waals surface area contributed by atoms with Crippen LogP contribution in [0.4, 0.5) is 11.6 Å². The second kappa shape index (κ2) is 7.67. The summed E-state index contributed by atoms with van der Waals surface area (Å²) in [6, 6.07) is 1.89. The Labute approximate surface area is 121 Å². The monoisotopic (exact) mass is 279 g/mol. The smallest absolute Gasteiger partial charge is 0.239 e. The van der Waals surface area contributed by atoms with E-state index in [0.29, 0.717) is 13.1 Å². The van der Waals surface area contributed by atoms with Crippen LogP contribution in [0.15, 0.2) is 6.07 Å². The highest BCUT2D eigenvalue weighted by atomic mass is 16.1. The van der Waals surface area contributed by atoms with Crippen molar-refractivity contribution in [1.82, 2.24) is 15.3 Å². The fourth-order valence-corrected chi connectivity index (χ4v) is 1.75. The van der Waals surface area contributed by atoms with Crippen molar-refractivity contribution >= 4 is 17.5 Å². The van der Waals surface area contributed by atoms with Crippen LogP contribution in [0.1, 0.15) is 39.4 Å². The summed E-state index contributed by atoms with van der Waals surface area (Å²) in [5, 5.41) is 5.85. The van der Waals surface area contributed by atoms with Gasteiger partial charge in [0.25, 0.3) is 0 Å². The molecule has 0 aliphatic carbocycles. The van der Waals surface area contributed by atoms with Crippen molar-refractivity contribution in [3.05, 3.63) is 11.9 Å². The van der Waals surface area contributed by atoms with E-state index in [0.717, 1.165) is 24.0 Å².